The topological polar surface area (TPSA) is 84.9 Å². The molecule has 1 N–H and O–H groups in total. The molecule has 0 spiro atoms. The van der Waals surface area contributed by atoms with Gasteiger partial charge in [0.2, 0.25) is 0 Å². The van der Waals surface area contributed by atoms with Crippen LogP contribution in [-0.2, 0) is 16.2 Å². The number of hydrogen-bond donors (Lipinski definition) is 1. The number of imide groups is 2. The number of urea groups is 1. The van der Waals surface area contributed by atoms with Crippen LogP contribution in [0.25, 0.3) is 6.08 Å². The third-order valence-corrected chi connectivity index (χ3v) is 6.07. The highest BCUT2D eigenvalue weighted by Crippen LogP contribution is 2.38. The van der Waals surface area contributed by atoms with E-state index in [0.29, 0.717) is 39.4 Å². The van der Waals surface area contributed by atoms with Crippen LogP contribution in [0.2, 0.25) is 0 Å². The van der Waals surface area contributed by atoms with E-state index in [-0.39, 0.29) is 18.0 Å². The van der Waals surface area contributed by atoms with Crippen LogP contribution in [0.15, 0.2) is 64.6 Å². The normalized spacial score (nSPS) is 14.7. The van der Waals surface area contributed by atoms with Gasteiger partial charge in [0.15, 0.2) is 11.5 Å². The van der Waals surface area contributed by atoms with E-state index in [1.54, 1.807) is 43.3 Å². The molecule has 1 aliphatic heterocycles. The van der Waals surface area contributed by atoms with Gasteiger partial charge < -0.3 is 9.47 Å². The van der Waals surface area contributed by atoms with Gasteiger partial charge in [-0.25, -0.2) is 14.1 Å². The summed E-state index contributed by atoms with van der Waals surface area (Å²) in [7, 11) is 0. The third-order valence-electron chi connectivity index (χ3n) is 5.48. The number of nitrogens with one attached hydrogen (secondary N) is 1. The van der Waals surface area contributed by atoms with Crippen molar-refractivity contribution in [2.24, 2.45) is 0 Å². The lowest BCUT2D eigenvalue weighted by Gasteiger charge is -2.27. The van der Waals surface area contributed by atoms with Gasteiger partial charge in [-0.2, -0.15) is 0 Å². The summed E-state index contributed by atoms with van der Waals surface area (Å²) in [5.74, 6) is -1.14. The first-order valence-corrected chi connectivity index (χ1v) is 12.3. The first kappa shape index (κ1) is 26.1. The van der Waals surface area contributed by atoms with Gasteiger partial charge in [-0.3, -0.25) is 14.9 Å². The minimum absolute atomic E-state index is 0.102. The average Bonchev–Trinajstić information content (AvgIpc) is 2.81. The Balaban J connectivity index is 1.67. The Bertz CT molecular complexity index is 1420. The fourth-order valence-corrected chi connectivity index (χ4v) is 4.57. The quantitative estimate of drug-likeness (QED) is 0.286. The Hall–Kier alpha value is -3.98. The second-order valence-electron chi connectivity index (χ2n) is 8.49. The molecular weight excluding hydrogens is 543 g/mol. The molecule has 4 amide bonds. The van der Waals surface area contributed by atoms with E-state index in [0.717, 1.165) is 16.0 Å². The summed E-state index contributed by atoms with van der Waals surface area (Å²) in [4.78, 5) is 39.4. The summed E-state index contributed by atoms with van der Waals surface area (Å²) in [6.45, 7) is 5.95. The number of anilines is 1. The number of ether oxygens (including phenoxy) is 2. The molecule has 0 bridgehead atoms. The number of nitrogens with zero attached hydrogens (tertiary/aromatic N) is 1. The number of barbiturate groups is 1. The van der Waals surface area contributed by atoms with Gasteiger partial charge in [0.25, 0.3) is 11.8 Å². The van der Waals surface area contributed by atoms with Crippen molar-refractivity contribution in [1.82, 2.24) is 5.32 Å². The highest BCUT2D eigenvalue weighted by molar-refractivity contribution is 9.10. The van der Waals surface area contributed by atoms with Crippen LogP contribution < -0.4 is 19.7 Å². The summed E-state index contributed by atoms with van der Waals surface area (Å²) < 4.78 is 25.7. The molecule has 1 saturated heterocycles. The van der Waals surface area contributed by atoms with E-state index in [2.05, 4.69) is 21.2 Å². The minimum atomic E-state index is -0.811. The molecule has 0 radical (unpaired) electrons. The summed E-state index contributed by atoms with van der Waals surface area (Å²) in [6, 6.07) is 13.9. The number of halogens is 2. The maximum absolute atomic E-state index is 13.5. The van der Waals surface area contributed by atoms with Crippen molar-refractivity contribution >= 4 is 45.5 Å². The number of amides is 4. The van der Waals surface area contributed by atoms with E-state index in [1.807, 2.05) is 19.9 Å². The fourth-order valence-electron chi connectivity index (χ4n) is 3.99. The molecule has 4 rings (SSSR count). The number of hydrogen-bond acceptors (Lipinski definition) is 5. The monoisotopic (exact) mass is 566 g/mol. The predicted octanol–water partition coefficient (Wildman–Crippen LogP) is 5.85. The smallest absolute Gasteiger partial charge is 0.335 e. The van der Waals surface area contributed by atoms with Crippen molar-refractivity contribution in [3.05, 3.63) is 92.7 Å². The van der Waals surface area contributed by atoms with Gasteiger partial charge in [0, 0.05) is 0 Å². The van der Waals surface area contributed by atoms with Crippen molar-refractivity contribution in [3.8, 4) is 11.5 Å². The molecule has 0 atom stereocenters. The molecule has 1 aliphatic rings. The molecule has 0 aliphatic carbocycles. The second-order valence-corrected chi connectivity index (χ2v) is 9.34. The first-order valence-electron chi connectivity index (χ1n) is 11.5. The first-order chi connectivity index (χ1) is 17.7. The number of carbonyl (C=O) groups excluding carboxylic acids is 3. The van der Waals surface area contributed by atoms with Crippen LogP contribution in [0.5, 0.6) is 11.5 Å². The number of benzene rings is 3. The molecule has 1 heterocycles. The van der Waals surface area contributed by atoms with Crippen LogP contribution in [0.1, 0.15) is 29.2 Å². The SMILES string of the molecule is CCOc1cc(/C=C2\C(=O)NC(=O)N(c3cc(C)cc(C)c3)C2=O)cc(Br)c1OCc1cccc(F)c1. The maximum atomic E-state index is 13.5. The van der Waals surface area contributed by atoms with Gasteiger partial charge in [0.05, 0.1) is 16.8 Å². The summed E-state index contributed by atoms with van der Waals surface area (Å²) in [6.07, 6.45) is 1.39. The van der Waals surface area contributed by atoms with Gasteiger partial charge in [0.1, 0.15) is 18.0 Å². The molecule has 37 heavy (non-hydrogen) atoms. The molecule has 1 fully saturated rings. The van der Waals surface area contributed by atoms with Gasteiger partial charge in [-0.15, -0.1) is 0 Å². The van der Waals surface area contributed by atoms with Crippen LogP contribution in [0.3, 0.4) is 0 Å². The van der Waals surface area contributed by atoms with E-state index in [4.69, 9.17) is 9.47 Å². The fraction of sp³-hybridized carbons (Fsp3) is 0.179. The van der Waals surface area contributed by atoms with Crippen LogP contribution >= 0.6 is 15.9 Å². The largest absolute Gasteiger partial charge is 0.490 e. The summed E-state index contributed by atoms with van der Waals surface area (Å²) in [5, 5.41) is 2.24. The Kier molecular flexibility index (Phi) is 7.73. The molecule has 0 saturated carbocycles. The standard InChI is InChI=1S/C28H24BrFN2O5/c1-4-36-24-14-19(13-23(29)25(24)37-15-18-6-5-7-20(30)11-18)12-22-26(33)31-28(35)32(27(22)34)21-9-16(2)8-17(3)10-21/h5-14H,4,15H2,1-3H3,(H,31,33,35)/b22-12+. The lowest BCUT2D eigenvalue weighted by atomic mass is 10.0. The van der Waals surface area contributed by atoms with Crippen molar-refractivity contribution in [2.75, 3.05) is 11.5 Å². The second kappa shape index (κ2) is 11.0. The zero-order chi connectivity index (χ0) is 26.7. The zero-order valence-electron chi connectivity index (χ0n) is 20.4. The highest BCUT2D eigenvalue weighted by atomic mass is 79.9. The summed E-state index contributed by atoms with van der Waals surface area (Å²) in [5.41, 5.74) is 3.02. The zero-order valence-corrected chi connectivity index (χ0v) is 22.0. The van der Waals surface area contributed by atoms with E-state index in [9.17, 15) is 18.8 Å². The lowest BCUT2D eigenvalue weighted by Crippen LogP contribution is -2.54. The summed E-state index contributed by atoms with van der Waals surface area (Å²) >= 11 is 3.47. The maximum Gasteiger partial charge on any atom is 0.335 e. The molecular formula is C28H24BrFN2O5. The lowest BCUT2D eigenvalue weighted by molar-refractivity contribution is -0.122. The Labute approximate surface area is 222 Å². The third kappa shape index (κ3) is 5.89. The van der Waals surface area contributed by atoms with Crippen molar-refractivity contribution in [3.63, 3.8) is 0 Å². The molecule has 9 heteroatoms. The predicted molar refractivity (Wildman–Crippen MR) is 141 cm³/mol. The number of aryl methyl sites for hydroxylation is 2. The molecule has 7 nitrogen and oxygen atoms in total. The number of carbonyl (C=O) groups is 3. The molecule has 3 aromatic rings. The molecule has 3 aromatic carbocycles. The van der Waals surface area contributed by atoms with Gasteiger partial charge in [-0.1, -0.05) is 18.2 Å². The van der Waals surface area contributed by atoms with Crippen LogP contribution in [0.4, 0.5) is 14.9 Å². The van der Waals surface area contributed by atoms with E-state index < -0.39 is 17.8 Å². The van der Waals surface area contributed by atoms with Crippen molar-refractivity contribution < 1.29 is 28.2 Å². The molecule has 0 unspecified atom stereocenters. The average molecular weight is 567 g/mol. The Morgan fingerprint density at radius 2 is 1.73 bits per heavy atom. The van der Waals surface area contributed by atoms with Gasteiger partial charge >= 0.3 is 6.03 Å². The highest BCUT2D eigenvalue weighted by Gasteiger charge is 2.37. The Morgan fingerprint density at radius 1 is 1.00 bits per heavy atom. The van der Waals surface area contributed by atoms with Crippen LogP contribution in [0, 0.1) is 19.7 Å². The molecule has 190 valence electrons. The Morgan fingerprint density at radius 3 is 2.41 bits per heavy atom. The minimum Gasteiger partial charge on any atom is -0.490 e. The van der Waals surface area contributed by atoms with E-state index in [1.165, 1.54) is 18.2 Å². The van der Waals surface area contributed by atoms with Crippen molar-refractivity contribution in [2.45, 2.75) is 27.4 Å². The van der Waals surface area contributed by atoms with E-state index >= 15 is 0 Å². The van der Waals surface area contributed by atoms with Crippen LogP contribution in [-0.4, -0.2) is 24.5 Å². The molecule has 0 aromatic heterocycles. The van der Waals surface area contributed by atoms with Gasteiger partial charge in [-0.05, 0) is 101 Å². The van der Waals surface area contributed by atoms with Crippen molar-refractivity contribution in [1.29, 1.82) is 0 Å². The number of rotatable bonds is 7.